The molecule has 0 saturated heterocycles. The largest absolute Gasteiger partial charge is 0.424 e. The number of rotatable bonds is 4. The average Bonchev–Trinajstić information content (AvgIpc) is 2.04. The van der Waals surface area contributed by atoms with Gasteiger partial charge in [-0.15, -0.1) is 0 Å². The Bertz CT molecular complexity index is 190. The minimum Gasteiger partial charge on any atom is -0.424 e. The zero-order chi connectivity index (χ0) is 9.56. The molecule has 0 bridgehead atoms. The van der Waals surface area contributed by atoms with Crippen LogP contribution in [0.3, 0.4) is 0 Å². The van der Waals surface area contributed by atoms with Gasteiger partial charge in [0.15, 0.2) is 57.5 Å². The van der Waals surface area contributed by atoms with Gasteiger partial charge in [-0.25, -0.2) is 0 Å². The van der Waals surface area contributed by atoms with Gasteiger partial charge in [-0.3, -0.25) is 0 Å². The number of hydrogen-bond acceptors (Lipinski definition) is 3. The minimum absolute atomic E-state index is 0.399. The summed E-state index contributed by atoms with van der Waals surface area (Å²) in [5, 5.41) is 0. The van der Waals surface area contributed by atoms with Crippen LogP contribution in [0.4, 0.5) is 0 Å². The third-order valence-corrected chi connectivity index (χ3v) is 1.99. The maximum atomic E-state index is 5.32. The molecule has 12 heavy (non-hydrogen) atoms. The molecular formula is C7H11I2NO2. The summed E-state index contributed by atoms with van der Waals surface area (Å²) < 4.78 is 10.0. The van der Waals surface area contributed by atoms with Gasteiger partial charge < -0.3 is 11.9 Å². The smallest absolute Gasteiger partial charge is 0.192 e. The van der Waals surface area contributed by atoms with Gasteiger partial charge in [-0.2, -0.15) is 0 Å². The molecule has 2 N–H and O–H groups in total. The Morgan fingerprint density at radius 3 is 2.00 bits per heavy atom. The van der Waals surface area contributed by atoms with Crippen molar-refractivity contribution in [1.82, 2.24) is 0 Å². The van der Waals surface area contributed by atoms with E-state index in [-0.39, 0.29) is 0 Å². The van der Waals surface area contributed by atoms with Crippen molar-refractivity contribution >= 4 is 46.0 Å². The van der Waals surface area contributed by atoms with E-state index in [0.717, 1.165) is 0 Å². The Labute approximate surface area is 101 Å². The molecule has 0 aromatic carbocycles. The lowest BCUT2D eigenvalue weighted by atomic mass is 10.2. The van der Waals surface area contributed by atoms with Crippen LogP contribution in [0.25, 0.3) is 0 Å². The number of allylic oxidation sites excluding steroid dienone is 1. The lowest BCUT2D eigenvalue weighted by molar-refractivity contribution is 0.464. The van der Waals surface area contributed by atoms with E-state index >= 15 is 0 Å². The van der Waals surface area contributed by atoms with Gasteiger partial charge in [0, 0.05) is 6.20 Å². The van der Waals surface area contributed by atoms with E-state index in [2.05, 4.69) is 13.8 Å². The van der Waals surface area contributed by atoms with E-state index in [1.54, 1.807) is 46.0 Å². The van der Waals surface area contributed by atoms with Crippen LogP contribution >= 0.6 is 46.0 Å². The fourth-order valence-electron chi connectivity index (χ4n) is 0.594. The summed E-state index contributed by atoms with van der Waals surface area (Å²) >= 11 is 3.56. The minimum atomic E-state index is 0.399. The van der Waals surface area contributed by atoms with Crippen molar-refractivity contribution in [1.29, 1.82) is 0 Å². The summed E-state index contributed by atoms with van der Waals surface area (Å²) in [5.74, 6) is 1.59. The lowest BCUT2D eigenvalue weighted by Gasteiger charge is -2.06. The molecule has 0 amide bonds. The summed E-state index contributed by atoms with van der Waals surface area (Å²) in [5.41, 5.74) is 5.32. The van der Waals surface area contributed by atoms with Crippen molar-refractivity contribution in [2.75, 3.05) is 0 Å². The molecule has 0 aromatic rings. The molecule has 0 saturated carbocycles. The van der Waals surface area contributed by atoms with Gasteiger partial charge in [-0.1, -0.05) is 13.8 Å². The van der Waals surface area contributed by atoms with E-state index < -0.39 is 0 Å². The molecular weight excluding hydrogens is 384 g/mol. The standard InChI is InChI=1S/C7H11I2NO2/c1-5(2)3-6(11-8)7(4-10)12-9/h3-5H,10H2,1-2H3/b6-3+,7-4+. The van der Waals surface area contributed by atoms with E-state index in [9.17, 15) is 0 Å². The summed E-state index contributed by atoms with van der Waals surface area (Å²) in [7, 11) is 0. The van der Waals surface area contributed by atoms with Crippen LogP contribution in [-0.2, 0) is 6.13 Å². The number of hydrogen-bond donors (Lipinski definition) is 1. The number of nitrogens with two attached hydrogens (primary N) is 1. The maximum Gasteiger partial charge on any atom is 0.192 e. The van der Waals surface area contributed by atoms with Crippen LogP contribution in [0.15, 0.2) is 23.8 Å². The SMILES string of the molecule is CC(C)/C=C(OI)\C(=C/N)OI. The Balaban J connectivity index is 4.53. The predicted octanol–water partition coefficient (Wildman–Crippen LogP) is 3.06. The Morgan fingerprint density at radius 1 is 1.25 bits per heavy atom. The average molecular weight is 395 g/mol. The highest BCUT2D eigenvalue weighted by atomic mass is 127. The molecule has 0 aliphatic carbocycles. The first-order valence-electron chi connectivity index (χ1n) is 3.37. The van der Waals surface area contributed by atoms with Crippen LogP contribution in [0.1, 0.15) is 13.8 Å². The third-order valence-electron chi connectivity index (χ3n) is 1.05. The van der Waals surface area contributed by atoms with E-state index in [1.807, 2.05) is 6.08 Å². The van der Waals surface area contributed by atoms with Gasteiger partial charge in [0.2, 0.25) is 0 Å². The molecule has 70 valence electrons. The Kier molecular flexibility index (Phi) is 7.01. The summed E-state index contributed by atoms with van der Waals surface area (Å²) in [6.45, 7) is 4.11. The normalized spacial score (nSPS) is 13.4. The van der Waals surface area contributed by atoms with Crippen molar-refractivity contribution in [3.05, 3.63) is 23.8 Å². The monoisotopic (exact) mass is 395 g/mol. The molecule has 3 nitrogen and oxygen atoms in total. The fourth-order valence-corrected chi connectivity index (χ4v) is 1.32. The molecule has 0 heterocycles. The zero-order valence-corrected chi connectivity index (χ0v) is 11.2. The van der Waals surface area contributed by atoms with Crippen LogP contribution in [0.2, 0.25) is 0 Å². The Morgan fingerprint density at radius 2 is 1.75 bits per heavy atom. The highest BCUT2D eigenvalue weighted by Gasteiger charge is 2.06. The van der Waals surface area contributed by atoms with E-state index in [0.29, 0.717) is 17.4 Å². The zero-order valence-electron chi connectivity index (χ0n) is 6.88. The molecule has 0 rings (SSSR count). The van der Waals surface area contributed by atoms with Crippen LogP contribution in [0.5, 0.6) is 0 Å². The van der Waals surface area contributed by atoms with Crippen molar-refractivity contribution < 1.29 is 6.13 Å². The maximum absolute atomic E-state index is 5.32. The van der Waals surface area contributed by atoms with Gasteiger partial charge in [-0.05, 0) is 12.0 Å². The van der Waals surface area contributed by atoms with Gasteiger partial charge in [0.1, 0.15) is 0 Å². The van der Waals surface area contributed by atoms with Crippen LogP contribution in [0, 0.1) is 5.92 Å². The van der Waals surface area contributed by atoms with Crippen LogP contribution < -0.4 is 5.73 Å². The van der Waals surface area contributed by atoms with Crippen molar-refractivity contribution in [2.45, 2.75) is 13.8 Å². The molecule has 0 fully saturated rings. The molecule has 0 unspecified atom stereocenters. The third kappa shape index (κ3) is 4.39. The second kappa shape index (κ2) is 6.81. The predicted molar refractivity (Wildman–Crippen MR) is 65.4 cm³/mol. The molecule has 5 heteroatoms. The van der Waals surface area contributed by atoms with Crippen LogP contribution in [-0.4, -0.2) is 0 Å². The van der Waals surface area contributed by atoms with E-state index in [4.69, 9.17) is 11.9 Å². The van der Waals surface area contributed by atoms with Gasteiger partial charge >= 0.3 is 0 Å². The van der Waals surface area contributed by atoms with Crippen molar-refractivity contribution in [3.63, 3.8) is 0 Å². The lowest BCUT2D eigenvalue weighted by Crippen LogP contribution is -1.96. The summed E-state index contributed by atoms with van der Waals surface area (Å²) in [4.78, 5) is 0. The quantitative estimate of drug-likeness (QED) is 0.452. The van der Waals surface area contributed by atoms with E-state index in [1.165, 1.54) is 6.20 Å². The summed E-state index contributed by atoms with van der Waals surface area (Å²) in [6, 6.07) is 0. The first-order valence-corrected chi connectivity index (χ1v) is 5.13. The highest BCUT2D eigenvalue weighted by Crippen LogP contribution is 2.19. The van der Waals surface area contributed by atoms with Crippen molar-refractivity contribution in [2.24, 2.45) is 11.7 Å². The van der Waals surface area contributed by atoms with Gasteiger partial charge in [0.05, 0.1) is 0 Å². The van der Waals surface area contributed by atoms with Gasteiger partial charge in [0.25, 0.3) is 0 Å². The molecule has 0 radical (unpaired) electrons. The summed E-state index contributed by atoms with van der Waals surface area (Å²) in [6.07, 6.45) is 3.31. The van der Waals surface area contributed by atoms with Crippen molar-refractivity contribution in [3.8, 4) is 0 Å². The Hall–Kier alpha value is 0.340. The second-order valence-corrected chi connectivity index (χ2v) is 3.34. The molecule has 0 aliphatic heterocycles. The molecule has 0 aromatic heterocycles. The topological polar surface area (TPSA) is 44.5 Å². The first-order chi connectivity index (χ1) is 5.65. The molecule has 0 aliphatic rings. The first kappa shape index (κ1) is 12.3. The molecule has 0 atom stereocenters. The number of halogens is 2. The fraction of sp³-hybridized carbons (Fsp3) is 0.429. The second-order valence-electron chi connectivity index (χ2n) is 2.46. The highest BCUT2D eigenvalue weighted by molar-refractivity contribution is 14.1. The molecule has 0 spiro atoms.